The lowest BCUT2D eigenvalue weighted by atomic mass is 10.3. The first-order valence-corrected chi connectivity index (χ1v) is 6.23. The average molecular weight is 266 g/mol. The van der Waals surface area contributed by atoms with Crippen LogP contribution in [0.25, 0.3) is 0 Å². The number of carboxylic acid groups (broad SMARTS) is 1. The van der Waals surface area contributed by atoms with E-state index in [4.69, 9.17) is 5.11 Å². The number of hydrogen-bond acceptors (Lipinski definition) is 3. The molecule has 2 amide bonds. The number of nitrogens with zero attached hydrogens (tertiary/aromatic N) is 3. The molecule has 7 nitrogen and oxygen atoms in total. The van der Waals surface area contributed by atoms with Gasteiger partial charge in [0, 0.05) is 19.8 Å². The van der Waals surface area contributed by atoms with Crippen LogP contribution in [0.5, 0.6) is 0 Å². The Labute approximate surface area is 111 Å². The van der Waals surface area contributed by atoms with Gasteiger partial charge in [0.15, 0.2) is 0 Å². The van der Waals surface area contributed by atoms with Crippen LogP contribution in [0.1, 0.15) is 18.5 Å². The van der Waals surface area contributed by atoms with E-state index >= 15 is 0 Å². The second-order valence-corrected chi connectivity index (χ2v) is 4.95. The largest absolute Gasteiger partial charge is 0.480 e. The number of aromatic nitrogens is 2. The summed E-state index contributed by atoms with van der Waals surface area (Å²) in [6.45, 7) is 2.01. The van der Waals surface area contributed by atoms with Gasteiger partial charge in [-0.05, 0) is 25.7 Å². The molecule has 0 spiro atoms. The molecular formula is C12H18N4O3. The third kappa shape index (κ3) is 3.70. The van der Waals surface area contributed by atoms with Gasteiger partial charge in [0.1, 0.15) is 6.54 Å². The van der Waals surface area contributed by atoms with E-state index in [9.17, 15) is 9.59 Å². The molecule has 0 atom stereocenters. The van der Waals surface area contributed by atoms with E-state index in [2.05, 4.69) is 10.4 Å². The molecule has 2 rings (SSSR count). The summed E-state index contributed by atoms with van der Waals surface area (Å²) >= 11 is 0. The van der Waals surface area contributed by atoms with Crippen LogP contribution >= 0.6 is 0 Å². The molecule has 19 heavy (non-hydrogen) atoms. The molecule has 0 unspecified atom stereocenters. The summed E-state index contributed by atoms with van der Waals surface area (Å²) in [6.07, 6.45) is 3.83. The summed E-state index contributed by atoms with van der Waals surface area (Å²) in [4.78, 5) is 24.2. The zero-order valence-corrected chi connectivity index (χ0v) is 11.1. The fourth-order valence-corrected chi connectivity index (χ4v) is 1.91. The SMILES string of the molecule is Cc1nn(C)cc1NC(=O)N(CC(=O)O)CC1CC1. The van der Waals surface area contributed by atoms with Crippen LogP contribution in [0.15, 0.2) is 6.20 Å². The maximum Gasteiger partial charge on any atom is 0.323 e. The fraction of sp³-hybridized carbons (Fsp3) is 0.583. The maximum absolute atomic E-state index is 12.1. The molecule has 1 aromatic rings. The van der Waals surface area contributed by atoms with Crippen molar-refractivity contribution in [2.75, 3.05) is 18.4 Å². The second-order valence-electron chi connectivity index (χ2n) is 4.95. The van der Waals surface area contributed by atoms with E-state index in [1.54, 1.807) is 24.9 Å². The first-order valence-electron chi connectivity index (χ1n) is 6.23. The highest BCUT2D eigenvalue weighted by Gasteiger charge is 2.28. The van der Waals surface area contributed by atoms with Gasteiger partial charge in [-0.2, -0.15) is 5.10 Å². The Morgan fingerprint density at radius 1 is 1.58 bits per heavy atom. The summed E-state index contributed by atoms with van der Waals surface area (Å²) in [5, 5.41) is 15.7. The average Bonchev–Trinajstić information content (AvgIpc) is 3.04. The number of aliphatic carboxylic acids is 1. The van der Waals surface area contributed by atoms with Gasteiger partial charge in [-0.3, -0.25) is 9.48 Å². The van der Waals surface area contributed by atoms with Gasteiger partial charge >= 0.3 is 12.0 Å². The molecule has 0 aromatic carbocycles. The Morgan fingerprint density at radius 3 is 2.74 bits per heavy atom. The van der Waals surface area contributed by atoms with Crippen LogP contribution in [0, 0.1) is 12.8 Å². The number of carbonyl (C=O) groups excluding carboxylic acids is 1. The second kappa shape index (κ2) is 5.29. The molecule has 0 saturated heterocycles. The molecule has 1 fully saturated rings. The number of nitrogens with one attached hydrogen (secondary N) is 1. The zero-order valence-electron chi connectivity index (χ0n) is 11.1. The number of rotatable bonds is 5. The normalized spacial score (nSPS) is 14.2. The molecule has 0 bridgehead atoms. The molecule has 104 valence electrons. The monoisotopic (exact) mass is 266 g/mol. The lowest BCUT2D eigenvalue weighted by Gasteiger charge is -2.20. The number of carbonyl (C=O) groups is 2. The van der Waals surface area contributed by atoms with Crippen LogP contribution in [0.3, 0.4) is 0 Å². The third-order valence-electron chi connectivity index (χ3n) is 3.04. The van der Waals surface area contributed by atoms with Crippen molar-refractivity contribution in [2.24, 2.45) is 13.0 Å². The lowest BCUT2D eigenvalue weighted by Crippen LogP contribution is -2.40. The van der Waals surface area contributed by atoms with Crippen molar-refractivity contribution in [2.45, 2.75) is 19.8 Å². The van der Waals surface area contributed by atoms with Crippen LogP contribution in [0.4, 0.5) is 10.5 Å². The molecule has 7 heteroatoms. The number of hydrogen-bond donors (Lipinski definition) is 2. The summed E-state index contributed by atoms with van der Waals surface area (Å²) in [5.74, 6) is -0.557. The van der Waals surface area contributed by atoms with Gasteiger partial charge < -0.3 is 15.3 Å². The molecule has 1 heterocycles. The highest BCUT2D eigenvalue weighted by molar-refractivity contribution is 5.91. The summed E-state index contributed by atoms with van der Waals surface area (Å²) in [5.41, 5.74) is 1.32. The third-order valence-corrected chi connectivity index (χ3v) is 3.04. The van der Waals surface area contributed by atoms with Crippen molar-refractivity contribution in [3.05, 3.63) is 11.9 Å². The van der Waals surface area contributed by atoms with Crippen molar-refractivity contribution >= 4 is 17.7 Å². The van der Waals surface area contributed by atoms with E-state index in [0.29, 0.717) is 23.8 Å². The van der Waals surface area contributed by atoms with Gasteiger partial charge in [-0.1, -0.05) is 0 Å². The first kappa shape index (κ1) is 13.4. The van der Waals surface area contributed by atoms with Crippen molar-refractivity contribution in [3.63, 3.8) is 0 Å². The predicted molar refractivity (Wildman–Crippen MR) is 68.9 cm³/mol. The summed E-state index contributed by atoms with van der Waals surface area (Å²) < 4.78 is 1.60. The Hall–Kier alpha value is -2.05. The van der Waals surface area contributed by atoms with Crippen LogP contribution in [-0.2, 0) is 11.8 Å². The molecule has 1 saturated carbocycles. The summed E-state index contributed by atoms with van der Waals surface area (Å²) in [6, 6.07) is -0.384. The molecule has 0 aliphatic heterocycles. The minimum atomic E-state index is -1.00. The topological polar surface area (TPSA) is 87.5 Å². The molecule has 0 radical (unpaired) electrons. The van der Waals surface area contributed by atoms with Crippen LogP contribution < -0.4 is 5.32 Å². The van der Waals surface area contributed by atoms with E-state index in [1.165, 1.54) is 4.90 Å². The van der Waals surface area contributed by atoms with E-state index in [0.717, 1.165) is 12.8 Å². The molecule has 2 N–H and O–H groups in total. The van der Waals surface area contributed by atoms with Crippen molar-refractivity contribution in [1.29, 1.82) is 0 Å². The Kier molecular flexibility index (Phi) is 3.73. The van der Waals surface area contributed by atoms with Gasteiger partial charge in [0.05, 0.1) is 11.4 Å². The quantitative estimate of drug-likeness (QED) is 0.834. The molecular weight excluding hydrogens is 248 g/mol. The van der Waals surface area contributed by atoms with Crippen LogP contribution in [0.2, 0.25) is 0 Å². The van der Waals surface area contributed by atoms with Gasteiger partial charge in [0.25, 0.3) is 0 Å². The van der Waals surface area contributed by atoms with Crippen LogP contribution in [-0.4, -0.2) is 44.9 Å². The Bertz CT molecular complexity index is 493. The Morgan fingerprint density at radius 2 is 2.26 bits per heavy atom. The number of carboxylic acids is 1. The number of anilines is 1. The van der Waals surface area contributed by atoms with Gasteiger partial charge in [-0.25, -0.2) is 4.79 Å². The minimum absolute atomic E-state index is 0.276. The smallest absolute Gasteiger partial charge is 0.323 e. The maximum atomic E-state index is 12.1. The highest BCUT2D eigenvalue weighted by atomic mass is 16.4. The Balaban J connectivity index is 2.01. The number of aryl methyl sites for hydroxylation is 2. The van der Waals surface area contributed by atoms with Crippen molar-refractivity contribution < 1.29 is 14.7 Å². The standard InChI is InChI=1S/C12H18N4O3/c1-8-10(6-15(2)14-8)13-12(19)16(7-11(17)18)5-9-3-4-9/h6,9H,3-5,7H2,1-2H3,(H,13,19)(H,17,18). The minimum Gasteiger partial charge on any atom is -0.480 e. The van der Waals surface area contributed by atoms with Gasteiger partial charge in [-0.15, -0.1) is 0 Å². The number of amides is 2. The van der Waals surface area contributed by atoms with Crippen molar-refractivity contribution in [1.82, 2.24) is 14.7 Å². The molecule has 1 aliphatic carbocycles. The van der Waals surface area contributed by atoms with E-state index in [-0.39, 0.29) is 12.6 Å². The fourth-order valence-electron chi connectivity index (χ4n) is 1.91. The predicted octanol–water partition coefficient (Wildman–Crippen LogP) is 1.06. The lowest BCUT2D eigenvalue weighted by molar-refractivity contribution is -0.137. The van der Waals surface area contributed by atoms with E-state index in [1.807, 2.05) is 0 Å². The molecule has 1 aliphatic rings. The molecule has 1 aromatic heterocycles. The first-order chi connectivity index (χ1) is 8.95. The zero-order chi connectivity index (χ0) is 14.0. The summed E-state index contributed by atoms with van der Waals surface area (Å²) in [7, 11) is 1.77. The van der Waals surface area contributed by atoms with Crippen molar-refractivity contribution in [3.8, 4) is 0 Å². The number of urea groups is 1. The van der Waals surface area contributed by atoms with E-state index < -0.39 is 5.97 Å². The van der Waals surface area contributed by atoms with Gasteiger partial charge in [0.2, 0.25) is 0 Å². The highest BCUT2D eigenvalue weighted by Crippen LogP contribution is 2.29.